The quantitative estimate of drug-likeness (QED) is 0.155. The molecule has 0 N–H and O–H groups in total. The van der Waals surface area contributed by atoms with E-state index >= 15 is 0 Å². The molecule has 2 aliphatic carbocycles. The zero-order chi connectivity index (χ0) is 44.0. The van der Waals surface area contributed by atoms with E-state index in [1.807, 2.05) is 0 Å². The molecule has 0 saturated heterocycles. The first kappa shape index (κ1) is 38.3. The summed E-state index contributed by atoms with van der Waals surface area (Å²) < 4.78 is 2.38. The lowest BCUT2D eigenvalue weighted by Gasteiger charge is -2.34. The average molecular weight is 843 g/mol. The normalized spacial score (nSPS) is 13.8. The number of benzene rings is 10. The minimum Gasteiger partial charge on any atom is -0.310 e. The SMILES string of the molecule is CC1(C)c2ccccc2-c2ccc(N(c3ccc(-c4ccc5c(c4)c4ccccc4n5-c4ccccc4)cc3)c3ccc4c(c3)-c3ccccc3C4(c3ccccc3)c3ccccc3)cc21. The Hall–Kier alpha value is -8.20. The van der Waals surface area contributed by atoms with Crippen molar-refractivity contribution in [3.05, 3.63) is 276 Å². The first-order valence-corrected chi connectivity index (χ1v) is 23.1. The van der Waals surface area contributed by atoms with Crippen LogP contribution in [0.4, 0.5) is 17.1 Å². The van der Waals surface area contributed by atoms with E-state index in [9.17, 15) is 0 Å². The van der Waals surface area contributed by atoms with Crippen molar-refractivity contribution >= 4 is 38.9 Å². The molecule has 13 rings (SSSR count). The Morgan fingerprint density at radius 2 is 0.848 bits per heavy atom. The predicted molar refractivity (Wildman–Crippen MR) is 276 cm³/mol. The fourth-order valence-electron chi connectivity index (χ4n) is 11.7. The molecule has 0 amide bonds. The number of fused-ring (bicyclic) bond motifs is 9. The minimum absolute atomic E-state index is 0.137. The third-order valence-electron chi connectivity index (χ3n) is 14.7. The Bertz CT molecular complexity index is 3620. The monoisotopic (exact) mass is 842 g/mol. The first-order valence-electron chi connectivity index (χ1n) is 23.1. The number of hydrogen-bond acceptors (Lipinski definition) is 1. The molecule has 0 saturated carbocycles. The van der Waals surface area contributed by atoms with E-state index in [1.54, 1.807) is 0 Å². The van der Waals surface area contributed by atoms with Crippen LogP contribution in [0, 0.1) is 0 Å². The lowest BCUT2D eigenvalue weighted by atomic mass is 9.68. The summed E-state index contributed by atoms with van der Waals surface area (Å²) in [5.41, 5.74) is 21.8. The molecular weight excluding hydrogens is 797 g/mol. The fraction of sp³-hybridized carbons (Fsp3) is 0.0625. The molecule has 11 aromatic rings. The van der Waals surface area contributed by atoms with Gasteiger partial charge in [-0.05, 0) is 133 Å². The Kier molecular flexibility index (Phi) is 8.51. The fourth-order valence-corrected chi connectivity index (χ4v) is 11.7. The number of anilines is 3. The van der Waals surface area contributed by atoms with Gasteiger partial charge in [0.05, 0.1) is 16.4 Å². The second kappa shape index (κ2) is 14.7. The van der Waals surface area contributed by atoms with Gasteiger partial charge in [-0.15, -0.1) is 0 Å². The van der Waals surface area contributed by atoms with Gasteiger partial charge in [-0.25, -0.2) is 0 Å². The van der Waals surface area contributed by atoms with Crippen molar-refractivity contribution in [2.75, 3.05) is 4.90 Å². The van der Waals surface area contributed by atoms with Crippen molar-refractivity contribution in [3.63, 3.8) is 0 Å². The molecule has 0 fully saturated rings. The van der Waals surface area contributed by atoms with E-state index in [0.717, 1.165) is 17.1 Å². The summed E-state index contributed by atoms with van der Waals surface area (Å²) in [6, 6.07) is 90.0. The van der Waals surface area contributed by atoms with Crippen molar-refractivity contribution in [1.29, 1.82) is 0 Å². The highest BCUT2D eigenvalue weighted by atomic mass is 15.1. The van der Waals surface area contributed by atoms with Gasteiger partial charge in [0.2, 0.25) is 0 Å². The zero-order valence-electron chi connectivity index (χ0n) is 37.0. The molecule has 66 heavy (non-hydrogen) atoms. The standard InChI is InChI=1S/C64H46N2/c1-63(2)57-27-15-12-24-51(57)53-37-35-50(42-60(53)63)65(48-33-30-43(31-34-48)44-32-39-62-56(40-44)54-26-14-17-29-61(54)66(62)47-22-10-5-11-23-47)49-36-38-59-55(41-49)52-25-13-16-28-58(52)64(59,45-18-6-3-7-19-45)46-20-8-4-9-21-46/h3-42H,1-2H3. The highest BCUT2D eigenvalue weighted by molar-refractivity contribution is 6.10. The molecule has 0 atom stereocenters. The second-order valence-electron chi connectivity index (χ2n) is 18.5. The van der Waals surface area contributed by atoms with Gasteiger partial charge in [0.25, 0.3) is 0 Å². The van der Waals surface area contributed by atoms with Crippen LogP contribution in [0.15, 0.2) is 243 Å². The largest absolute Gasteiger partial charge is 0.310 e. The van der Waals surface area contributed by atoms with Crippen LogP contribution in [-0.2, 0) is 10.8 Å². The van der Waals surface area contributed by atoms with Gasteiger partial charge < -0.3 is 9.47 Å². The highest BCUT2D eigenvalue weighted by Gasteiger charge is 2.46. The van der Waals surface area contributed by atoms with Crippen molar-refractivity contribution in [2.45, 2.75) is 24.7 Å². The summed E-state index contributed by atoms with van der Waals surface area (Å²) in [6.07, 6.45) is 0. The maximum absolute atomic E-state index is 2.47. The molecule has 1 heterocycles. The van der Waals surface area contributed by atoms with Gasteiger partial charge in [0, 0.05) is 38.9 Å². The van der Waals surface area contributed by atoms with Crippen LogP contribution in [-0.4, -0.2) is 4.57 Å². The molecular formula is C64H46N2. The minimum atomic E-state index is -0.461. The first-order chi connectivity index (χ1) is 32.5. The maximum Gasteiger partial charge on any atom is 0.0713 e. The van der Waals surface area contributed by atoms with Crippen LogP contribution >= 0.6 is 0 Å². The number of para-hydroxylation sites is 2. The van der Waals surface area contributed by atoms with Crippen LogP contribution in [0.5, 0.6) is 0 Å². The van der Waals surface area contributed by atoms with Crippen LogP contribution in [0.25, 0.3) is 60.9 Å². The second-order valence-corrected chi connectivity index (χ2v) is 18.5. The highest BCUT2D eigenvalue weighted by Crippen LogP contribution is 2.58. The van der Waals surface area contributed by atoms with E-state index in [-0.39, 0.29) is 5.41 Å². The van der Waals surface area contributed by atoms with E-state index in [1.165, 1.54) is 94.3 Å². The van der Waals surface area contributed by atoms with Crippen LogP contribution in [0.1, 0.15) is 47.2 Å². The van der Waals surface area contributed by atoms with Crippen LogP contribution < -0.4 is 4.90 Å². The topological polar surface area (TPSA) is 8.17 Å². The molecule has 0 aliphatic heterocycles. The molecule has 0 radical (unpaired) electrons. The summed E-state index contributed by atoms with van der Waals surface area (Å²) in [5.74, 6) is 0. The van der Waals surface area contributed by atoms with Crippen molar-refractivity contribution in [3.8, 4) is 39.1 Å². The summed E-state index contributed by atoms with van der Waals surface area (Å²) in [4.78, 5) is 2.47. The molecule has 2 aliphatic rings. The lowest BCUT2D eigenvalue weighted by molar-refractivity contribution is 0.660. The Balaban J connectivity index is 0.980. The Labute approximate surface area is 386 Å². The van der Waals surface area contributed by atoms with Gasteiger partial charge in [-0.2, -0.15) is 0 Å². The van der Waals surface area contributed by atoms with Gasteiger partial charge >= 0.3 is 0 Å². The molecule has 0 bridgehead atoms. The number of nitrogens with zero attached hydrogens (tertiary/aromatic N) is 2. The third-order valence-corrected chi connectivity index (χ3v) is 14.7. The predicted octanol–water partition coefficient (Wildman–Crippen LogP) is 16.6. The maximum atomic E-state index is 2.47. The zero-order valence-corrected chi connectivity index (χ0v) is 37.0. The Morgan fingerprint density at radius 1 is 0.333 bits per heavy atom. The van der Waals surface area contributed by atoms with Gasteiger partial charge in [0.1, 0.15) is 0 Å². The number of aromatic nitrogens is 1. The summed E-state index contributed by atoms with van der Waals surface area (Å²) >= 11 is 0. The van der Waals surface area contributed by atoms with Crippen molar-refractivity contribution < 1.29 is 0 Å². The summed E-state index contributed by atoms with van der Waals surface area (Å²) in [7, 11) is 0. The number of hydrogen-bond donors (Lipinski definition) is 0. The lowest BCUT2D eigenvalue weighted by Crippen LogP contribution is -2.28. The molecule has 0 unspecified atom stereocenters. The van der Waals surface area contributed by atoms with E-state index in [0.29, 0.717) is 0 Å². The number of rotatable bonds is 7. The summed E-state index contributed by atoms with van der Waals surface area (Å²) in [5, 5.41) is 2.50. The molecule has 10 aromatic carbocycles. The van der Waals surface area contributed by atoms with Crippen molar-refractivity contribution in [2.24, 2.45) is 0 Å². The third kappa shape index (κ3) is 5.55. The van der Waals surface area contributed by atoms with Gasteiger partial charge in [-0.3, -0.25) is 0 Å². The molecule has 2 heteroatoms. The van der Waals surface area contributed by atoms with Gasteiger partial charge in [-0.1, -0.05) is 190 Å². The molecule has 312 valence electrons. The van der Waals surface area contributed by atoms with Crippen LogP contribution in [0.3, 0.4) is 0 Å². The van der Waals surface area contributed by atoms with E-state index in [4.69, 9.17) is 0 Å². The molecule has 2 nitrogen and oxygen atoms in total. The summed E-state index contributed by atoms with van der Waals surface area (Å²) in [6.45, 7) is 4.74. The smallest absolute Gasteiger partial charge is 0.0713 e. The van der Waals surface area contributed by atoms with Crippen LogP contribution in [0.2, 0.25) is 0 Å². The average Bonchev–Trinajstić information content (AvgIpc) is 3.96. The molecule has 0 spiro atoms. The Morgan fingerprint density at radius 3 is 1.58 bits per heavy atom. The van der Waals surface area contributed by atoms with E-state index in [2.05, 4.69) is 266 Å². The molecule has 1 aromatic heterocycles. The van der Waals surface area contributed by atoms with Crippen molar-refractivity contribution in [1.82, 2.24) is 4.57 Å². The van der Waals surface area contributed by atoms with Gasteiger partial charge in [0.15, 0.2) is 0 Å². The van der Waals surface area contributed by atoms with E-state index < -0.39 is 5.41 Å².